The first-order valence-corrected chi connectivity index (χ1v) is 5.36. The summed E-state index contributed by atoms with van der Waals surface area (Å²) < 4.78 is 5.51. The van der Waals surface area contributed by atoms with Crippen LogP contribution in [0.4, 0.5) is 5.69 Å². The van der Waals surface area contributed by atoms with Crippen LogP contribution < -0.4 is 5.32 Å². The van der Waals surface area contributed by atoms with E-state index in [4.69, 9.17) is 4.74 Å². The Hall–Kier alpha value is -1.80. The maximum atomic E-state index is 5.51. The van der Waals surface area contributed by atoms with Gasteiger partial charge in [0, 0.05) is 5.69 Å². The first kappa shape index (κ1) is 10.7. The molecule has 0 aromatic heterocycles. The van der Waals surface area contributed by atoms with Gasteiger partial charge in [-0.1, -0.05) is 48.5 Å². The largest absolute Gasteiger partial charge is 0.363 e. The average molecular weight is 213 g/mol. The zero-order valence-corrected chi connectivity index (χ0v) is 9.10. The molecule has 1 N–H and O–H groups in total. The van der Waals surface area contributed by atoms with Crippen molar-refractivity contribution in [1.29, 1.82) is 0 Å². The summed E-state index contributed by atoms with van der Waals surface area (Å²) in [6.07, 6.45) is 0. The van der Waals surface area contributed by atoms with Crippen LogP contribution in [0.5, 0.6) is 0 Å². The molecule has 0 saturated heterocycles. The molecule has 0 fully saturated rings. The summed E-state index contributed by atoms with van der Waals surface area (Å²) in [6.45, 7) is 1.17. The van der Waals surface area contributed by atoms with Crippen molar-refractivity contribution >= 4 is 5.69 Å². The van der Waals surface area contributed by atoms with Gasteiger partial charge in [0.2, 0.25) is 0 Å². The van der Waals surface area contributed by atoms with Crippen molar-refractivity contribution in [1.82, 2.24) is 0 Å². The van der Waals surface area contributed by atoms with E-state index in [1.54, 1.807) is 0 Å². The number of nitrogens with one attached hydrogen (secondary N) is 1. The van der Waals surface area contributed by atoms with E-state index in [2.05, 4.69) is 17.4 Å². The van der Waals surface area contributed by atoms with Crippen LogP contribution in [0.1, 0.15) is 5.56 Å². The van der Waals surface area contributed by atoms with Gasteiger partial charge in [0.25, 0.3) is 0 Å². The molecular formula is C14H15NO. The standard InChI is InChI=1S/C14H15NO/c1-3-7-13(8-4-1)11-16-12-15-14-9-5-2-6-10-14/h1-10,15H,11-12H2. The lowest BCUT2D eigenvalue weighted by molar-refractivity contribution is 0.138. The van der Waals surface area contributed by atoms with Gasteiger partial charge in [0.15, 0.2) is 0 Å². The molecule has 2 aromatic carbocycles. The fraction of sp³-hybridized carbons (Fsp3) is 0.143. The van der Waals surface area contributed by atoms with Gasteiger partial charge in [-0.25, -0.2) is 0 Å². The van der Waals surface area contributed by atoms with Gasteiger partial charge < -0.3 is 10.1 Å². The van der Waals surface area contributed by atoms with Gasteiger partial charge in [-0.05, 0) is 17.7 Å². The third-order valence-electron chi connectivity index (χ3n) is 2.26. The van der Waals surface area contributed by atoms with E-state index in [1.165, 1.54) is 5.56 Å². The Morgan fingerprint density at radius 1 is 0.812 bits per heavy atom. The molecule has 2 heteroatoms. The summed E-state index contributed by atoms with van der Waals surface area (Å²) in [6, 6.07) is 20.2. The molecule has 2 aromatic rings. The molecule has 0 aliphatic heterocycles. The van der Waals surface area contributed by atoms with E-state index in [9.17, 15) is 0 Å². The Bertz CT molecular complexity index is 358. The maximum Gasteiger partial charge on any atom is 0.116 e. The van der Waals surface area contributed by atoms with E-state index in [1.807, 2.05) is 48.5 Å². The lowest BCUT2D eigenvalue weighted by Crippen LogP contribution is -2.05. The molecule has 2 rings (SSSR count). The summed E-state index contributed by atoms with van der Waals surface area (Å²) >= 11 is 0. The molecular weight excluding hydrogens is 198 g/mol. The minimum atomic E-state index is 0.527. The summed E-state index contributed by atoms with van der Waals surface area (Å²) in [5.41, 5.74) is 2.27. The Balaban J connectivity index is 1.70. The van der Waals surface area contributed by atoms with Crippen molar-refractivity contribution in [3.8, 4) is 0 Å². The Labute approximate surface area is 95.9 Å². The second-order valence-corrected chi connectivity index (χ2v) is 3.52. The number of anilines is 1. The number of hydrogen-bond acceptors (Lipinski definition) is 2. The molecule has 0 saturated carbocycles. The molecule has 0 bridgehead atoms. The van der Waals surface area contributed by atoms with Crippen molar-refractivity contribution in [3.63, 3.8) is 0 Å². The lowest BCUT2D eigenvalue weighted by atomic mass is 10.2. The van der Waals surface area contributed by atoms with Crippen LogP contribution in [0, 0.1) is 0 Å². The van der Waals surface area contributed by atoms with E-state index >= 15 is 0 Å². The number of benzene rings is 2. The van der Waals surface area contributed by atoms with E-state index in [0.29, 0.717) is 13.3 Å². The Kier molecular flexibility index (Phi) is 3.97. The van der Waals surface area contributed by atoms with Gasteiger partial charge in [0.1, 0.15) is 6.73 Å². The molecule has 0 aliphatic carbocycles. The highest BCUT2D eigenvalue weighted by atomic mass is 16.5. The number of rotatable bonds is 5. The quantitative estimate of drug-likeness (QED) is 0.608. The predicted octanol–water partition coefficient (Wildman–Crippen LogP) is 3.27. The third-order valence-corrected chi connectivity index (χ3v) is 2.26. The molecule has 0 atom stereocenters. The summed E-state index contributed by atoms with van der Waals surface area (Å²) in [7, 11) is 0. The van der Waals surface area contributed by atoms with Crippen molar-refractivity contribution in [2.24, 2.45) is 0 Å². The molecule has 0 radical (unpaired) electrons. The molecule has 2 nitrogen and oxygen atoms in total. The number of hydrogen-bond donors (Lipinski definition) is 1. The van der Waals surface area contributed by atoms with Gasteiger partial charge in [0.05, 0.1) is 6.61 Å². The van der Waals surface area contributed by atoms with Crippen molar-refractivity contribution in [3.05, 3.63) is 66.2 Å². The normalized spacial score (nSPS) is 10.0. The topological polar surface area (TPSA) is 21.3 Å². The second kappa shape index (κ2) is 5.93. The number of para-hydroxylation sites is 1. The minimum absolute atomic E-state index is 0.527. The molecule has 82 valence electrons. The zero-order valence-electron chi connectivity index (χ0n) is 9.10. The Morgan fingerprint density at radius 2 is 1.44 bits per heavy atom. The molecule has 0 heterocycles. The summed E-state index contributed by atoms with van der Waals surface area (Å²) in [5, 5.41) is 3.19. The van der Waals surface area contributed by atoms with E-state index in [0.717, 1.165) is 5.69 Å². The SMILES string of the molecule is c1ccc(COCNc2ccccc2)cc1. The van der Waals surface area contributed by atoms with Gasteiger partial charge in [-0.3, -0.25) is 0 Å². The average Bonchev–Trinajstić information content (AvgIpc) is 2.37. The Morgan fingerprint density at radius 3 is 2.12 bits per heavy atom. The van der Waals surface area contributed by atoms with Crippen molar-refractivity contribution in [2.75, 3.05) is 12.0 Å². The second-order valence-electron chi connectivity index (χ2n) is 3.52. The fourth-order valence-electron chi connectivity index (χ4n) is 1.43. The first-order chi connectivity index (χ1) is 7.95. The molecule has 0 spiro atoms. The fourth-order valence-corrected chi connectivity index (χ4v) is 1.43. The summed E-state index contributed by atoms with van der Waals surface area (Å²) in [4.78, 5) is 0. The van der Waals surface area contributed by atoms with Gasteiger partial charge >= 0.3 is 0 Å². The smallest absolute Gasteiger partial charge is 0.116 e. The predicted molar refractivity (Wildman–Crippen MR) is 66.2 cm³/mol. The van der Waals surface area contributed by atoms with Crippen LogP contribution >= 0.6 is 0 Å². The van der Waals surface area contributed by atoms with Crippen LogP contribution in [-0.2, 0) is 11.3 Å². The highest BCUT2D eigenvalue weighted by Gasteiger charge is 1.91. The van der Waals surface area contributed by atoms with Crippen LogP contribution in [0.15, 0.2) is 60.7 Å². The first-order valence-electron chi connectivity index (χ1n) is 5.36. The number of ether oxygens (including phenoxy) is 1. The van der Waals surface area contributed by atoms with Crippen LogP contribution in [0.3, 0.4) is 0 Å². The van der Waals surface area contributed by atoms with E-state index < -0.39 is 0 Å². The third kappa shape index (κ3) is 3.41. The van der Waals surface area contributed by atoms with Gasteiger partial charge in [-0.15, -0.1) is 0 Å². The van der Waals surface area contributed by atoms with Crippen LogP contribution in [0.25, 0.3) is 0 Å². The molecule has 0 unspecified atom stereocenters. The van der Waals surface area contributed by atoms with Crippen molar-refractivity contribution < 1.29 is 4.74 Å². The molecule has 16 heavy (non-hydrogen) atoms. The van der Waals surface area contributed by atoms with E-state index in [-0.39, 0.29) is 0 Å². The monoisotopic (exact) mass is 213 g/mol. The zero-order chi connectivity index (χ0) is 11.1. The van der Waals surface area contributed by atoms with Crippen molar-refractivity contribution in [2.45, 2.75) is 6.61 Å². The molecule has 0 aliphatic rings. The van der Waals surface area contributed by atoms with Gasteiger partial charge in [-0.2, -0.15) is 0 Å². The summed E-state index contributed by atoms with van der Waals surface area (Å²) in [5.74, 6) is 0. The minimum Gasteiger partial charge on any atom is -0.363 e. The highest BCUT2D eigenvalue weighted by molar-refractivity contribution is 5.41. The van der Waals surface area contributed by atoms with Crippen LogP contribution in [0.2, 0.25) is 0 Å². The van der Waals surface area contributed by atoms with Crippen LogP contribution in [-0.4, -0.2) is 6.73 Å². The highest BCUT2D eigenvalue weighted by Crippen LogP contribution is 2.05. The molecule has 0 amide bonds. The maximum absolute atomic E-state index is 5.51. The lowest BCUT2D eigenvalue weighted by Gasteiger charge is -2.07.